The van der Waals surface area contributed by atoms with Crippen LogP contribution in [-0.4, -0.2) is 35.5 Å². The van der Waals surface area contributed by atoms with E-state index in [1.807, 2.05) is 31.3 Å². The number of aliphatic hydroxyl groups is 1. The Morgan fingerprint density at radius 3 is 2.72 bits per heavy atom. The lowest BCUT2D eigenvalue weighted by atomic mass is 10.0. The van der Waals surface area contributed by atoms with Gasteiger partial charge in [0.1, 0.15) is 5.82 Å². The summed E-state index contributed by atoms with van der Waals surface area (Å²) >= 11 is 0. The van der Waals surface area contributed by atoms with Crippen LogP contribution >= 0.6 is 0 Å². The second-order valence-electron chi connectivity index (χ2n) is 6.40. The van der Waals surface area contributed by atoms with Crippen LogP contribution in [0, 0.1) is 0 Å². The van der Waals surface area contributed by atoms with Crippen molar-refractivity contribution in [3.8, 4) is 0 Å². The molecule has 0 amide bonds. The van der Waals surface area contributed by atoms with E-state index in [2.05, 4.69) is 21.9 Å². The van der Waals surface area contributed by atoms with Gasteiger partial charge in [-0.1, -0.05) is 24.8 Å². The first-order chi connectivity index (χ1) is 11.8. The van der Waals surface area contributed by atoms with Gasteiger partial charge in [-0.2, -0.15) is 0 Å². The van der Waals surface area contributed by atoms with E-state index in [1.54, 1.807) is 26.1 Å². The van der Waals surface area contributed by atoms with Gasteiger partial charge in [0.15, 0.2) is 0 Å². The summed E-state index contributed by atoms with van der Waals surface area (Å²) in [5.74, 6) is 0.306. The van der Waals surface area contributed by atoms with Crippen LogP contribution in [0.3, 0.4) is 0 Å². The molecule has 6 nitrogen and oxygen atoms in total. The number of hydrogen-bond acceptors (Lipinski definition) is 6. The van der Waals surface area contributed by atoms with Crippen molar-refractivity contribution in [2.24, 2.45) is 4.99 Å². The zero-order chi connectivity index (χ0) is 18.6. The molecule has 0 saturated carbocycles. The van der Waals surface area contributed by atoms with Crippen LogP contribution in [0.5, 0.6) is 0 Å². The Kier molecular flexibility index (Phi) is 5.44. The van der Waals surface area contributed by atoms with Crippen molar-refractivity contribution in [3.05, 3.63) is 48.1 Å². The third-order valence-corrected chi connectivity index (χ3v) is 3.66. The number of nitrogens with two attached hydrogens (primary N) is 2. The quantitative estimate of drug-likeness (QED) is 0.477. The minimum atomic E-state index is -0.889. The predicted octanol–water partition coefficient (Wildman–Crippen LogP) is 2.34. The fraction of sp³-hybridized carbons (Fsp3) is 0.263. The predicted molar refractivity (Wildman–Crippen MR) is 107 cm³/mol. The first kappa shape index (κ1) is 18.5. The SMILES string of the molecule is C=C/C=C(\NC)c1ccc2c(N)c(C=NCC(C)(C)O)c(N)nc2c1. The second kappa shape index (κ2) is 7.36. The molecule has 0 atom stereocenters. The number of aromatic nitrogens is 1. The van der Waals surface area contributed by atoms with Crippen molar-refractivity contribution in [1.29, 1.82) is 0 Å². The fourth-order valence-electron chi connectivity index (χ4n) is 2.43. The molecule has 0 aliphatic heterocycles. The number of benzene rings is 1. The van der Waals surface area contributed by atoms with Gasteiger partial charge in [-0.15, -0.1) is 0 Å². The highest BCUT2D eigenvalue weighted by Gasteiger charge is 2.13. The van der Waals surface area contributed by atoms with E-state index >= 15 is 0 Å². The minimum absolute atomic E-state index is 0.251. The zero-order valence-electron chi connectivity index (χ0n) is 14.9. The Morgan fingerprint density at radius 1 is 1.40 bits per heavy atom. The summed E-state index contributed by atoms with van der Waals surface area (Å²) in [6, 6.07) is 5.79. The molecule has 1 aromatic heterocycles. The lowest BCUT2D eigenvalue weighted by Gasteiger charge is -2.14. The Morgan fingerprint density at radius 2 is 2.12 bits per heavy atom. The summed E-state index contributed by atoms with van der Waals surface area (Å²) in [6.07, 6.45) is 5.17. The number of pyridine rings is 1. The smallest absolute Gasteiger partial charge is 0.135 e. The molecule has 6 heteroatoms. The fourth-order valence-corrected chi connectivity index (χ4v) is 2.43. The maximum absolute atomic E-state index is 9.75. The molecule has 6 N–H and O–H groups in total. The molecular weight excluding hydrogens is 314 g/mol. The van der Waals surface area contributed by atoms with Crippen molar-refractivity contribution in [2.45, 2.75) is 19.4 Å². The van der Waals surface area contributed by atoms with Crippen LogP contribution in [0.15, 0.2) is 41.9 Å². The monoisotopic (exact) mass is 339 g/mol. The molecule has 0 saturated heterocycles. The summed E-state index contributed by atoms with van der Waals surface area (Å²) < 4.78 is 0. The summed E-state index contributed by atoms with van der Waals surface area (Å²) in [7, 11) is 1.85. The maximum atomic E-state index is 9.75. The molecule has 0 spiro atoms. The van der Waals surface area contributed by atoms with E-state index in [9.17, 15) is 5.11 Å². The normalized spacial score (nSPS) is 12.7. The van der Waals surface area contributed by atoms with E-state index < -0.39 is 5.60 Å². The summed E-state index contributed by atoms with van der Waals surface area (Å²) in [6.45, 7) is 7.34. The van der Waals surface area contributed by atoms with Crippen molar-refractivity contribution in [2.75, 3.05) is 25.1 Å². The number of nitrogens with one attached hydrogen (secondary N) is 1. The van der Waals surface area contributed by atoms with Gasteiger partial charge in [-0.3, -0.25) is 4.99 Å². The number of fused-ring (bicyclic) bond motifs is 1. The molecule has 132 valence electrons. The van der Waals surface area contributed by atoms with Gasteiger partial charge in [0.25, 0.3) is 0 Å². The first-order valence-corrected chi connectivity index (χ1v) is 7.98. The topological polar surface area (TPSA) is 110 Å². The van der Waals surface area contributed by atoms with Crippen LogP contribution in [0.4, 0.5) is 11.5 Å². The van der Waals surface area contributed by atoms with Crippen LogP contribution in [-0.2, 0) is 0 Å². The average molecular weight is 339 g/mol. The van der Waals surface area contributed by atoms with Crippen LogP contribution < -0.4 is 16.8 Å². The zero-order valence-corrected chi connectivity index (χ0v) is 14.9. The van der Waals surface area contributed by atoms with Crippen molar-refractivity contribution >= 4 is 34.3 Å². The van der Waals surface area contributed by atoms with Crippen molar-refractivity contribution < 1.29 is 5.11 Å². The Hall–Kier alpha value is -2.86. The lowest BCUT2D eigenvalue weighted by Crippen LogP contribution is -2.22. The Labute approximate surface area is 148 Å². The molecule has 0 bridgehead atoms. The molecule has 1 heterocycles. The van der Waals surface area contributed by atoms with Gasteiger partial charge in [0, 0.05) is 24.3 Å². The third kappa shape index (κ3) is 4.36. The average Bonchev–Trinajstić information content (AvgIpc) is 2.54. The van der Waals surface area contributed by atoms with E-state index in [1.165, 1.54) is 0 Å². The Balaban J connectivity index is 2.50. The largest absolute Gasteiger partial charge is 0.398 e. The molecule has 0 radical (unpaired) electrons. The molecule has 2 aromatic rings. The van der Waals surface area contributed by atoms with E-state index in [0.717, 1.165) is 16.6 Å². The van der Waals surface area contributed by atoms with E-state index in [4.69, 9.17) is 11.5 Å². The van der Waals surface area contributed by atoms with Crippen LogP contribution in [0.1, 0.15) is 25.0 Å². The Bertz CT molecular complexity index is 847. The number of rotatable bonds is 6. The number of allylic oxidation sites excluding steroid dienone is 2. The molecule has 0 aliphatic carbocycles. The highest BCUT2D eigenvalue weighted by molar-refractivity contribution is 6.04. The number of nitrogens with zero attached hydrogens (tertiary/aromatic N) is 2. The number of aliphatic imine (C=N–C) groups is 1. The maximum Gasteiger partial charge on any atom is 0.135 e. The third-order valence-electron chi connectivity index (χ3n) is 3.66. The van der Waals surface area contributed by atoms with Crippen molar-refractivity contribution in [3.63, 3.8) is 0 Å². The first-order valence-electron chi connectivity index (χ1n) is 7.98. The lowest BCUT2D eigenvalue weighted by molar-refractivity contribution is 0.0906. The van der Waals surface area contributed by atoms with Gasteiger partial charge in [-0.05, 0) is 31.6 Å². The molecule has 1 aromatic carbocycles. The number of anilines is 2. The summed E-state index contributed by atoms with van der Waals surface area (Å²) in [5.41, 5.74) is 15.1. The molecule has 0 unspecified atom stereocenters. The van der Waals surface area contributed by atoms with E-state index in [-0.39, 0.29) is 6.54 Å². The van der Waals surface area contributed by atoms with Crippen molar-refractivity contribution in [1.82, 2.24) is 10.3 Å². The van der Waals surface area contributed by atoms with E-state index in [0.29, 0.717) is 22.6 Å². The standard InChI is InChI=1S/C19H25N5O/c1-5-6-15(22-4)12-7-8-13-16(9-12)24-18(21)14(17(13)20)10-23-11-19(2,3)25/h5-10,22,25H,1,11H2,2-4H3,(H4,20,21,24)/b15-6-,23-10?. The molecule has 0 aliphatic rings. The van der Waals surface area contributed by atoms with Gasteiger partial charge in [0.05, 0.1) is 28.9 Å². The van der Waals surface area contributed by atoms with Gasteiger partial charge < -0.3 is 21.9 Å². The summed E-state index contributed by atoms with van der Waals surface area (Å²) in [5, 5.41) is 13.7. The molecule has 0 fully saturated rings. The van der Waals surface area contributed by atoms with Gasteiger partial charge in [0.2, 0.25) is 0 Å². The van der Waals surface area contributed by atoms with Gasteiger partial charge in [-0.25, -0.2) is 4.98 Å². The van der Waals surface area contributed by atoms with Crippen LogP contribution in [0.2, 0.25) is 0 Å². The second-order valence-corrected chi connectivity index (χ2v) is 6.40. The number of hydrogen-bond donors (Lipinski definition) is 4. The molecular formula is C19H25N5O. The van der Waals surface area contributed by atoms with Crippen LogP contribution in [0.25, 0.3) is 16.6 Å². The summed E-state index contributed by atoms with van der Waals surface area (Å²) in [4.78, 5) is 8.67. The minimum Gasteiger partial charge on any atom is -0.398 e. The molecule has 25 heavy (non-hydrogen) atoms. The highest BCUT2D eigenvalue weighted by atomic mass is 16.3. The highest BCUT2D eigenvalue weighted by Crippen LogP contribution is 2.28. The molecule has 2 rings (SSSR count). The number of nitrogen functional groups attached to an aromatic ring is 2. The van der Waals surface area contributed by atoms with Gasteiger partial charge >= 0.3 is 0 Å².